The van der Waals surface area contributed by atoms with Gasteiger partial charge in [0, 0.05) is 6.54 Å². The first kappa shape index (κ1) is 13.9. The minimum absolute atomic E-state index is 0.708. The molecule has 0 saturated heterocycles. The van der Waals surface area contributed by atoms with Crippen LogP contribution >= 0.6 is 0 Å². The average Bonchev–Trinajstić information content (AvgIpc) is 2.56. The smallest absolute Gasteiger partial charge is 0.119 e. The van der Waals surface area contributed by atoms with Crippen molar-refractivity contribution < 1.29 is 4.74 Å². The Bertz CT molecular complexity index is 587. The molecule has 0 aromatic heterocycles. The highest BCUT2D eigenvalue weighted by atomic mass is 16.5. The van der Waals surface area contributed by atoms with Crippen LogP contribution in [0.4, 0.5) is 0 Å². The average molecular weight is 279 g/mol. The van der Waals surface area contributed by atoms with E-state index in [0.29, 0.717) is 6.61 Å². The Morgan fingerprint density at radius 1 is 0.905 bits per heavy atom. The standard InChI is InChI=1S/C19H21NO/c1-2-4-16(5-3-1)14-17-6-8-19(9-7-17)21-15-18-10-12-20-13-11-18/h1-10,20H,11-15H2. The molecule has 0 aliphatic carbocycles. The molecule has 3 rings (SSSR count). The fraction of sp³-hybridized carbons (Fsp3) is 0.263. The van der Waals surface area contributed by atoms with E-state index in [2.05, 4.69) is 66.0 Å². The Labute approximate surface area is 126 Å². The molecular formula is C19H21NO. The molecule has 0 bridgehead atoms. The third kappa shape index (κ3) is 4.20. The normalized spacial score (nSPS) is 14.6. The monoisotopic (exact) mass is 279 g/mol. The lowest BCUT2D eigenvalue weighted by atomic mass is 10.1. The minimum atomic E-state index is 0.708. The SMILES string of the molecule is C1=C(COc2ccc(Cc3ccccc3)cc2)CCNC1. The molecule has 0 spiro atoms. The summed E-state index contributed by atoms with van der Waals surface area (Å²) in [5.74, 6) is 0.950. The number of nitrogens with one attached hydrogen (secondary N) is 1. The first-order chi connectivity index (χ1) is 10.4. The van der Waals surface area contributed by atoms with E-state index in [0.717, 1.165) is 31.7 Å². The number of hydrogen-bond donors (Lipinski definition) is 1. The van der Waals surface area contributed by atoms with Gasteiger partial charge in [-0.2, -0.15) is 0 Å². The van der Waals surface area contributed by atoms with Crippen molar-refractivity contribution in [2.45, 2.75) is 12.8 Å². The lowest BCUT2D eigenvalue weighted by Crippen LogP contribution is -2.22. The molecule has 1 N–H and O–H groups in total. The zero-order valence-corrected chi connectivity index (χ0v) is 12.2. The van der Waals surface area contributed by atoms with E-state index < -0.39 is 0 Å². The van der Waals surface area contributed by atoms with Crippen LogP contribution in [0, 0.1) is 0 Å². The molecule has 21 heavy (non-hydrogen) atoms. The molecule has 2 aromatic rings. The highest BCUT2D eigenvalue weighted by Crippen LogP contribution is 2.16. The van der Waals surface area contributed by atoms with Crippen molar-refractivity contribution >= 4 is 0 Å². The molecular weight excluding hydrogens is 258 g/mol. The molecule has 1 aliphatic heterocycles. The van der Waals surface area contributed by atoms with Crippen molar-refractivity contribution in [3.63, 3.8) is 0 Å². The van der Waals surface area contributed by atoms with E-state index in [1.165, 1.54) is 16.7 Å². The van der Waals surface area contributed by atoms with Crippen LogP contribution in [0.15, 0.2) is 66.2 Å². The van der Waals surface area contributed by atoms with Gasteiger partial charge in [-0.15, -0.1) is 0 Å². The summed E-state index contributed by atoms with van der Waals surface area (Å²) in [6, 6.07) is 19.0. The number of rotatable bonds is 5. The van der Waals surface area contributed by atoms with Crippen LogP contribution in [0.2, 0.25) is 0 Å². The van der Waals surface area contributed by atoms with Crippen LogP contribution in [0.1, 0.15) is 17.5 Å². The van der Waals surface area contributed by atoms with Gasteiger partial charge in [0.15, 0.2) is 0 Å². The summed E-state index contributed by atoms with van der Waals surface area (Å²) in [5, 5.41) is 3.31. The van der Waals surface area contributed by atoms with E-state index in [9.17, 15) is 0 Å². The topological polar surface area (TPSA) is 21.3 Å². The Kier molecular flexibility index (Phi) is 4.70. The van der Waals surface area contributed by atoms with Crippen molar-refractivity contribution in [3.8, 4) is 5.75 Å². The third-order valence-corrected chi connectivity index (χ3v) is 3.76. The van der Waals surface area contributed by atoms with E-state index in [1.807, 2.05) is 0 Å². The molecule has 108 valence electrons. The Hall–Kier alpha value is -2.06. The first-order valence-electron chi connectivity index (χ1n) is 7.54. The van der Waals surface area contributed by atoms with E-state index in [-0.39, 0.29) is 0 Å². The van der Waals surface area contributed by atoms with Gasteiger partial charge in [-0.05, 0) is 48.2 Å². The van der Waals surface area contributed by atoms with Crippen molar-refractivity contribution in [1.29, 1.82) is 0 Å². The fourth-order valence-corrected chi connectivity index (χ4v) is 2.51. The van der Waals surface area contributed by atoms with E-state index in [1.54, 1.807) is 0 Å². The lowest BCUT2D eigenvalue weighted by molar-refractivity contribution is 0.344. The highest BCUT2D eigenvalue weighted by Gasteiger charge is 2.04. The summed E-state index contributed by atoms with van der Waals surface area (Å²) in [6.45, 7) is 2.74. The molecule has 2 heteroatoms. The predicted octanol–water partition coefficient (Wildman–Crippen LogP) is 3.58. The van der Waals surface area contributed by atoms with Crippen LogP contribution in [0.5, 0.6) is 5.75 Å². The van der Waals surface area contributed by atoms with E-state index in [4.69, 9.17) is 4.74 Å². The number of hydrogen-bond acceptors (Lipinski definition) is 2. The Morgan fingerprint density at radius 3 is 2.38 bits per heavy atom. The van der Waals surface area contributed by atoms with E-state index >= 15 is 0 Å². The maximum atomic E-state index is 5.85. The second-order valence-electron chi connectivity index (χ2n) is 5.41. The lowest BCUT2D eigenvalue weighted by Gasteiger charge is -2.15. The highest BCUT2D eigenvalue weighted by molar-refractivity contribution is 5.31. The van der Waals surface area contributed by atoms with Crippen LogP contribution in [-0.4, -0.2) is 19.7 Å². The summed E-state index contributed by atoms with van der Waals surface area (Å²) in [7, 11) is 0. The summed E-state index contributed by atoms with van der Waals surface area (Å²) >= 11 is 0. The molecule has 1 aliphatic rings. The quantitative estimate of drug-likeness (QED) is 0.845. The van der Waals surface area contributed by atoms with Crippen LogP contribution in [0.3, 0.4) is 0 Å². The van der Waals surface area contributed by atoms with Gasteiger partial charge in [0.05, 0.1) is 0 Å². The van der Waals surface area contributed by atoms with Gasteiger partial charge in [-0.1, -0.05) is 48.5 Å². The maximum Gasteiger partial charge on any atom is 0.119 e. The van der Waals surface area contributed by atoms with Gasteiger partial charge in [-0.3, -0.25) is 0 Å². The predicted molar refractivity (Wildman–Crippen MR) is 86.8 cm³/mol. The zero-order chi connectivity index (χ0) is 14.3. The van der Waals surface area contributed by atoms with Crippen LogP contribution in [0.25, 0.3) is 0 Å². The van der Waals surface area contributed by atoms with Gasteiger partial charge < -0.3 is 10.1 Å². The van der Waals surface area contributed by atoms with Gasteiger partial charge in [0.2, 0.25) is 0 Å². The minimum Gasteiger partial charge on any atom is -0.489 e. The van der Waals surface area contributed by atoms with Crippen LogP contribution < -0.4 is 10.1 Å². The molecule has 0 atom stereocenters. The summed E-state index contributed by atoms with van der Waals surface area (Å²) in [6.07, 6.45) is 4.29. The summed E-state index contributed by atoms with van der Waals surface area (Å²) in [4.78, 5) is 0. The second-order valence-corrected chi connectivity index (χ2v) is 5.41. The van der Waals surface area contributed by atoms with Gasteiger partial charge >= 0.3 is 0 Å². The van der Waals surface area contributed by atoms with Crippen LogP contribution in [-0.2, 0) is 6.42 Å². The third-order valence-electron chi connectivity index (χ3n) is 3.76. The van der Waals surface area contributed by atoms with Crippen molar-refractivity contribution in [3.05, 3.63) is 77.4 Å². The summed E-state index contributed by atoms with van der Waals surface area (Å²) in [5.41, 5.74) is 4.04. The Morgan fingerprint density at radius 2 is 1.67 bits per heavy atom. The molecule has 2 nitrogen and oxygen atoms in total. The number of benzene rings is 2. The first-order valence-corrected chi connectivity index (χ1v) is 7.54. The molecule has 0 fully saturated rings. The van der Waals surface area contributed by atoms with Crippen molar-refractivity contribution in [1.82, 2.24) is 5.32 Å². The molecule has 0 radical (unpaired) electrons. The van der Waals surface area contributed by atoms with Crippen molar-refractivity contribution in [2.24, 2.45) is 0 Å². The van der Waals surface area contributed by atoms with Gasteiger partial charge in [0.25, 0.3) is 0 Å². The molecule has 1 heterocycles. The zero-order valence-electron chi connectivity index (χ0n) is 12.2. The number of ether oxygens (including phenoxy) is 1. The summed E-state index contributed by atoms with van der Waals surface area (Å²) < 4.78 is 5.85. The van der Waals surface area contributed by atoms with Gasteiger partial charge in [-0.25, -0.2) is 0 Å². The van der Waals surface area contributed by atoms with Gasteiger partial charge in [0.1, 0.15) is 12.4 Å². The fourth-order valence-electron chi connectivity index (χ4n) is 2.51. The molecule has 0 saturated carbocycles. The molecule has 0 unspecified atom stereocenters. The van der Waals surface area contributed by atoms with Crippen molar-refractivity contribution in [2.75, 3.05) is 19.7 Å². The molecule has 0 amide bonds. The maximum absolute atomic E-state index is 5.85. The second kappa shape index (κ2) is 7.09. The largest absolute Gasteiger partial charge is 0.489 e. The molecule has 2 aromatic carbocycles. The Balaban J connectivity index is 1.55.